The maximum Gasteiger partial charge on any atom is 0.522 e. The van der Waals surface area contributed by atoms with Gasteiger partial charge in [-0.05, 0) is 249 Å². The lowest BCUT2D eigenvalue weighted by atomic mass is 9.51. The van der Waals surface area contributed by atoms with E-state index in [-0.39, 0.29) is 44.9 Å². The van der Waals surface area contributed by atoms with E-state index in [0.29, 0.717) is 52.4 Å². The number of aryl methyl sites for hydroxylation is 3. The standard InChI is InChI=1S/C21H18F3S.C20H15F3IS.2C17H20F6O4.C6H15N.CHF3O3S.CH4/c1-15-3-9-18(10-4-15)25(19-11-5-16(2)6-12-19)20-13-7-17(8-14-20)21(22,23)24;1-14-2-8-17(9-3-14)25(19-12-6-16(24)7-13-19)18-10-4-15(5-11-18)20(21,22)23;2*1-13(18,19)12(24)27-14-4-9-2-10(5-14)17(11(3-9)6-14)25-7-15(20,21)16(22,23)8-26-17;1-4-7(5-2)6-3;2-1(3,4)8(5,6)7;/h3-14H,1-2H3;2-13H,1H3;2*9-11H,2-8H2,1H3;4-6H2,1-3H3;(H,5,6,7);1H4/q2*+1;;;;;/p+1. The predicted molar refractivity (Wildman–Crippen MR) is 412 cm³/mol. The van der Waals surface area contributed by atoms with Crippen LogP contribution < -0.4 is 4.90 Å². The Morgan fingerprint density at radius 3 is 0.833 bits per heavy atom. The van der Waals surface area contributed by atoms with Gasteiger partial charge in [0.15, 0.2) is 40.9 Å². The number of hydrogen-bond acceptors (Lipinski definition) is 10. The molecular formula is C83H94F21INO11S3+3. The van der Waals surface area contributed by atoms with Gasteiger partial charge in [0.05, 0.1) is 52.6 Å². The molecule has 120 heavy (non-hydrogen) atoms. The van der Waals surface area contributed by atoms with Gasteiger partial charge in [0.25, 0.3) is 0 Å². The van der Waals surface area contributed by atoms with Gasteiger partial charge >= 0.3 is 75.5 Å². The normalized spacial score (nSPS) is 25.3. The third kappa shape index (κ3) is 23.3. The van der Waals surface area contributed by atoms with Gasteiger partial charge in [-0.1, -0.05) is 60.5 Å². The number of hydrogen-bond donors (Lipinski definition) is 2. The maximum absolute atomic E-state index is 13.7. The average molecular weight is 1900 g/mol. The highest BCUT2D eigenvalue weighted by atomic mass is 127. The molecule has 16 rings (SSSR count). The number of ether oxygens (including phenoxy) is 6. The first kappa shape index (κ1) is 99.4. The number of halogens is 22. The molecule has 2 aliphatic heterocycles. The average Bonchev–Trinajstić information content (AvgIpc) is 1.17. The van der Waals surface area contributed by atoms with Crippen molar-refractivity contribution in [3.63, 3.8) is 0 Å². The summed E-state index contributed by atoms with van der Waals surface area (Å²) in [5.74, 6) is -33.5. The van der Waals surface area contributed by atoms with Gasteiger partial charge in [0, 0.05) is 41.1 Å². The second kappa shape index (κ2) is 37.6. The topological polar surface area (TPSA) is 148 Å². The molecule has 12 nitrogen and oxygen atoms in total. The fraction of sp³-hybridized carbons (Fsp3) is 0.542. The van der Waals surface area contributed by atoms with Crippen molar-refractivity contribution in [1.29, 1.82) is 0 Å². The quantitative estimate of drug-likeness (QED) is 0.0284. The van der Waals surface area contributed by atoms with Crippen molar-refractivity contribution in [2.45, 2.75) is 233 Å². The molecule has 6 aromatic rings. The zero-order chi connectivity index (χ0) is 88.5. The van der Waals surface area contributed by atoms with Crippen LogP contribution in [0.25, 0.3) is 0 Å². The Balaban J connectivity index is 0.000000188. The molecule has 2 N–H and O–H groups in total. The summed E-state index contributed by atoms with van der Waals surface area (Å²) in [6.07, 6.45) is -5.70. The summed E-state index contributed by atoms with van der Waals surface area (Å²) in [5, 5.41) is 0. The monoisotopic (exact) mass is 1900 g/mol. The Bertz CT molecular complexity index is 4090. The highest BCUT2D eigenvalue weighted by molar-refractivity contribution is 14.1. The Labute approximate surface area is 701 Å². The minimum Gasteiger partial charge on any atom is -0.455 e. The van der Waals surface area contributed by atoms with Crippen LogP contribution in [0.1, 0.15) is 134 Å². The zero-order valence-electron chi connectivity index (χ0n) is 65.4. The molecule has 10 fully saturated rings. The SMILES string of the molecule is C.CC(F)(F)C(=O)OC12CC3CC(C1)C1(OCC(F)(F)C(F)(F)CO1)C(C3)C2.CC(F)(F)C(=O)OC12CC3CC(C1)C1(OCC(F)(F)C(F)(F)CO1)C(C3)C2.CC[NH+](CC)CC.Cc1ccc([S+](c2ccc(C)cc2)c2ccc(C(F)(F)F)cc2)cc1.Cc1ccc([S+](c2ccc(I)cc2)c2ccc(C(F)(F)F)cc2)cc1.O=S(=O)(O)C(F)(F)F. The molecular weight excluding hydrogens is 1810 g/mol. The minimum atomic E-state index is -5.84. The van der Waals surface area contributed by atoms with E-state index in [2.05, 4.69) is 67.6 Å². The molecule has 666 valence electrons. The van der Waals surface area contributed by atoms with Gasteiger partial charge in [-0.15, -0.1) is 0 Å². The number of benzene rings is 6. The van der Waals surface area contributed by atoms with Gasteiger partial charge < -0.3 is 33.3 Å². The Kier molecular flexibility index (Phi) is 31.1. The van der Waals surface area contributed by atoms with Gasteiger partial charge in [0.1, 0.15) is 37.6 Å². The van der Waals surface area contributed by atoms with Gasteiger partial charge in [-0.2, -0.15) is 101 Å². The number of alkyl halides is 21. The van der Waals surface area contributed by atoms with Crippen molar-refractivity contribution in [2.24, 2.45) is 35.5 Å². The highest BCUT2D eigenvalue weighted by Gasteiger charge is 2.72. The van der Waals surface area contributed by atoms with Gasteiger partial charge in [-0.25, -0.2) is 9.59 Å². The Hall–Kier alpha value is -6.07. The Morgan fingerprint density at radius 2 is 0.642 bits per heavy atom. The van der Waals surface area contributed by atoms with E-state index in [1.54, 1.807) is 29.2 Å². The van der Waals surface area contributed by atoms with Crippen LogP contribution in [-0.4, -0.2) is 135 Å². The van der Waals surface area contributed by atoms with E-state index >= 15 is 0 Å². The molecule has 5 unspecified atom stereocenters. The lowest BCUT2D eigenvalue weighted by molar-refractivity contribution is -0.894. The van der Waals surface area contributed by atoms with E-state index in [1.165, 1.54) is 19.6 Å². The fourth-order valence-electron chi connectivity index (χ4n) is 16.5. The number of nitrogens with one attached hydrogen (secondary N) is 1. The summed E-state index contributed by atoms with van der Waals surface area (Å²) in [4.78, 5) is 31.2. The molecule has 10 aliphatic rings. The number of carbonyl (C=O) groups excluding carboxylic acids is 2. The van der Waals surface area contributed by atoms with Crippen molar-refractivity contribution in [2.75, 3.05) is 46.1 Å². The van der Waals surface area contributed by atoms with Crippen molar-refractivity contribution < 1.29 is 148 Å². The molecule has 2 spiro atoms. The molecule has 0 radical (unpaired) electrons. The van der Waals surface area contributed by atoms with Crippen LogP contribution in [0.15, 0.2) is 175 Å². The first-order valence-corrected chi connectivity index (χ1v) is 42.8. The smallest absolute Gasteiger partial charge is 0.455 e. The molecule has 8 aliphatic carbocycles. The number of rotatable bonds is 13. The first-order valence-electron chi connectivity index (χ1n) is 37.8. The summed E-state index contributed by atoms with van der Waals surface area (Å²) in [6.45, 7) is 11.5. The second-order valence-electron chi connectivity index (χ2n) is 31.3. The predicted octanol–water partition coefficient (Wildman–Crippen LogP) is 21.6. The van der Waals surface area contributed by atoms with Gasteiger partial charge in [0.2, 0.25) is 0 Å². The lowest BCUT2D eigenvalue weighted by Gasteiger charge is -2.63. The minimum absolute atomic E-state index is 0. The van der Waals surface area contributed by atoms with Crippen LogP contribution in [0.2, 0.25) is 0 Å². The maximum atomic E-state index is 13.7. The number of quaternary nitrogens is 1. The van der Waals surface area contributed by atoms with E-state index < -0.39 is 181 Å². The summed E-state index contributed by atoms with van der Waals surface area (Å²) < 4.78 is 330. The molecule has 8 saturated carbocycles. The van der Waals surface area contributed by atoms with Crippen LogP contribution in [0, 0.1) is 59.8 Å². The Morgan fingerprint density at radius 1 is 0.425 bits per heavy atom. The third-order valence-electron chi connectivity index (χ3n) is 22.3. The largest absolute Gasteiger partial charge is 0.522 e. The van der Waals surface area contributed by atoms with E-state index in [0.717, 1.165) is 73.9 Å². The van der Waals surface area contributed by atoms with Crippen LogP contribution >= 0.6 is 22.6 Å². The molecule has 8 bridgehead atoms. The van der Waals surface area contributed by atoms with Gasteiger partial charge in [-0.3, -0.25) is 4.55 Å². The summed E-state index contributed by atoms with van der Waals surface area (Å²) >= 11 is 2.24. The van der Waals surface area contributed by atoms with Crippen LogP contribution in [0.5, 0.6) is 0 Å². The summed E-state index contributed by atoms with van der Waals surface area (Å²) in [6, 6.07) is 43.7. The van der Waals surface area contributed by atoms with Crippen LogP contribution in [-0.2, 0) is 82.3 Å². The van der Waals surface area contributed by atoms with E-state index in [9.17, 15) is 102 Å². The fourth-order valence-corrected chi connectivity index (χ4v) is 21.0. The van der Waals surface area contributed by atoms with Crippen LogP contribution in [0.4, 0.5) is 92.2 Å². The molecule has 6 aromatic carbocycles. The van der Waals surface area contributed by atoms with E-state index in [1.807, 2.05) is 93.6 Å². The third-order valence-corrected chi connectivity index (χ3v) is 28.1. The molecule has 5 atom stereocenters. The molecule has 37 heteroatoms. The summed E-state index contributed by atoms with van der Waals surface area (Å²) in [5.41, 5.74) is -5.61. The number of carbonyl (C=O) groups is 2. The molecule has 2 heterocycles. The van der Waals surface area contributed by atoms with Crippen molar-refractivity contribution in [3.05, 3.63) is 177 Å². The van der Waals surface area contributed by atoms with Crippen molar-refractivity contribution in [3.8, 4) is 0 Å². The summed E-state index contributed by atoms with van der Waals surface area (Å²) in [7, 11) is -6.71. The van der Waals surface area contributed by atoms with Crippen LogP contribution in [0.3, 0.4) is 0 Å². The lowest BCUT2D eigenvalue weighted by Crippen LogP contribution is -3.11. The van der Waals surface area contributed by atoms with Crippen molar-refractivity contribution >= 4 is 66.4 Å². The number of esters is 2. The molecule has 2 saturated heterocycles. The molecule has 0 amide bonds. The zero-order valence-corrected chi connectivity index (χ0v) is 70.0. The first-order chi connectivity index (χ1) is 54.9. The second-order valence-corrected chi connectivity index (χ2v) is 38.0. The van der Waals surface area contributed by atoms with E-state index in [4.69, 9.17) is 41.4 Å². The van der Waals surface area contributed by atoms with Crippen molar-refractivity contribution in [1.82, 2.24) is 0 Å². The highest BCUT2D eigenvalue weighted by Crippen LogP contribution is 2.66. The molecule has 0 aromatic heterocycles.